The molecular weight excluding hydrogens is 365 g/mol. The third-order valence-electron chi connectivity index (χ3n) is 4.15. The van der Waals surface area contributed by atoms with Crippen LogP contribution in [-0.4, -0.2) is 54.3 Å². The van der Waals surface area contributed by atoms with Gasteiger partial charge in [-0.05, 0) is 41.8 Å². The SMILES string of the molecule is COc1ccc(CC(=O)NC(Cc2cccc(C(=O)O)c2)B(O)O)cc1OC. The van der Waals surface area contributed by atoms with Gasteiger partial charge in [0, 0.05) is 0 Å². The minimum absolute atomic E-state index is 0.00125. The second kappa shape index (κ2) is 9.77. The summed E-state index contributed by atoms with van der Waals surface area (Å²) in [5.74, 6) is -1.47. The maximum Gasteiger partial charge on any atom is 0.475 e. The Labute approximate surface area is 162 Å². The smallest absolute Gasteiger partial charge is 0.475 e. The predicted octanol–water partition coefficient (Wildman–Crippen LogP) is 0.684. The van der Waals surface area contributed by atoms with Gasteiger partial charge in [0.15, 0.2) is 11.5 Å². The van der Waals surface area contributed by atoms with Crippen molar-refractivity contribution in [3.63, 3.8) is 0 Å². The lowest BCUT2D eigenvalue weighted by Crippen LogP contribution is -2.48. The van der Waals surface area contributed by atoms with Crippen molar-refractivity contribution in [2.24, 2.45) is 0 Å². The fourth-order valence-electron chi connectivity index (χ4n) is 2.75. The van der Waals surface area contributed by atoms with Crippen LogP contribution in [0.15, 0.2) is 42.5 Å². The highest BCUT2D eigenvalue weighted by Crippen LogP contribution is 2.27. The molecule has 2 aromatic rings. The summed E-state index contributed by atoms with van der Waals surface area (Å²) in [4.78, 5) is 23.4. The Morgan fingerprint density at radius 2 is 1.75 bits per heavy atom. The molecule has 0 saturated heterocycles. The van der Waals surface area contributed by atoms with Gasteiger partial charge in [0.1, 0.15) is 0 Å². The zero-order valence-electron chi connectivity index (χ0n) is 15.6. The molecule has 9 heteroatoms. The van der Waals surface area contributed by atoms with Crippen LogP contribution in [0.4, 0.5) is 0 Å². The second-order valence-electron chi connectivity index (χ2n) is 6.16. The van der Waals surface area contributed by atoms with Gasteiger partial charge in [-0.25, -0.2) is 4.79 Å². The predicted molar refractivity (Wildman–Crippen MR) is 102 cm³/mol. The molecule has 0 heterocycles. The van der Waals surface area contributed by atoms with Gasteiger partial charge in [-0.15, -0.1) is 0 Å². The average molecular weight is 387 g/mol. The Morgan fingerprint density at radius 3 is 2.36 bits per heavy atom. The number of carbonyl (C=O) groups is 2. The number of carbonyl (C=O) groups excluding carboxylic acids is 1. The number of carboxylic acid groups (broad SMARTS) is 1. The van der Waals surface area contributed by atoms with Crippen molar-refractivity contribution < 1.29 is 34.2 Å². The number of carboxylic acids is 1. The molecule has 1 amide bonds. The Balaban J connectivity index is 2.06. The van der Waals surface area contributed by atoms with E-state index in [2.05, 4.69) is 5.32 Å². The molecule has 0 aromatic heterocycles. The molecule has 0 aliphatic carbocycles. The van der Waals surface area contributed by atoms with Crippen LogP contribution < -0.4 is 14.8 Å². The fourth-order valence-corrected chi connectivity index (χ4v) is 2.75. The molecule has 1 unspecified atom stereocenters. The topological polar surface area (TPSA) is 125 Å². The number of methoxy groups -OCH3 is 2. The molecule has 0 spiro atoms. The number of aromatic carboxylic acids is 1. The van der Waals surface area contributed by atoms with Crippen LogP contribution in [0.25, 0.3) is 0 Å². The molecule has 8 nitrogen and oxygen atoms in total. The lowest BCUT2D eigenvalue weighted by Gasteiger charge is -2.18. The monoisotopic (exact) mass is 387 g/mol. The van der Waals surface area contributed by atoms with Gasteiger partial charge in [0.2, 0.25) is 5.91 Å². The molecule has 148 valence electrons. The lowest BCUT2D eigenvalue weighted by atomic mass is 9.75. The number of hydrogen-bond acceptors (Lipinski definition) is 6. The molecule has 0 bridgehead atoms. The normalized spacial score (nSPS) is 11.4. The van der Waals surface area contributed by atoms with Crippen LogP contribution in [-0.2, 0) is 17.6 Å². The Hall–Kier alpha value is -3.04. The number of nitrogens with one attached hydrogen (secondary N) is 1. The molecule has 0 aliphatic rings. The first-order valence-electron chi connectivity index (χ1n) is 8.52. The van der Waals surface area contributed by atoms with E-state index in [1.54, 1.807) is 30.3 Å². The molecule has 0 fully saturated rings. The van der Waals surface area contributed by atoms with Crippen LogP contribution in [0.1, 0.15) is 21.5 Å². The van der Waals surface area contributed by atoms with E-state index >= 15 is 0 Å². The van der Waals surface area contributed by atoms with E-state index in [4.69, 9.17) is 14.6 Å². The highest BCUT2D eigenvalue weighted by molar-refractivity contribution is 6.43. The third kappa shape index (κ3) is 5.73. The van der Waals surface area contributed by atoms with E-state index in [1.807, 2.05) is 0 Å². The minimum atomic E-state index is -1.80. The van der Waals surface area contributed by atoms with Crippen LogP contribution in [0.3, 0.4) is 0 Å². The summed E-state index contributed by atoms with van der Waals surface area (Å²) < 4.78 is 10.4. The average Bonchev–Trinajstić information content (AvgIpc) is 2.67. The summed E-state index contributed by atoms with van der Waals surface area (Å²) in [5, 5.41) is 30.8. The quantitative estimate of drug-likeness (QED) is 0.467. The number of benzene rings is 2. The van der Waals surface area contributed by atoms with E-state index < -0.39 is 24.9 Å². The molecular formula is C19H22BNO7. The van der Waals surface area contributed by atoms with E-state index in [1.165, 1.54) is 26.4 Å². The first kappa shape index (κ1) is 21.3. The maximum absolute atomic E-state index is 12.3. The summed E-state index contributed by atoms with van der Waals surface area (Å²) in [7, 11) is 1.20. The standard InChI is InChI=1S/C19H22BNO7/c1-27-15-7-6-13(9-16(15)28-2)11-18(22)21-17(20(25)26)10-12-4-3-5-14(8-12)19(23)24/h3-9,17,25-26H,10-11H2,1-2H3,(H,21,22)(H,23,24). The van der Waals surface area contributed by atoms with Gasteiger partial charge in [-0.1, -0.05) is 18.2 Å². The molecule has 1 atom stereocenters. The van der Waals surface area contributed by atoms with Crippen molar-refractivity contribution in [2.45, 2.75) is 18.8 Å². The van der Waals surface area contributed by atoms with Crippen molar-refractivity contribution in [1.29, 1.82) is 0 Å². The number of amides is 1. The van der Waals surface area contributed by atoms with Crippen molar-refractivity contribution in [2.75, 3.05) is 14.2 Å². The summed E-state index contributed by atoms with van der Waals surface area (Å²) in [5.41, 5.74) is 1.30. The number of rotatable bonds is 9. The summed E-state index contributed by atoms with van der Waals surface area (Å²) in [6.45, 7) is 0. The molecule has 0 aliphatic heterocycles. The Kier molecular flexibility index (Phi) is 7.42. The van der Waals surface area contributed by atoms with Gasteiger partial charge in [-0.2, -0.15) is 0 Å². The van der Waals surface area contributed by atoms with Crippen LogP contribution in [0.2, 0.25) is 0 Å². The first-order chi connectivity index (χ1) is 13.3. The van der Waals surface area contributed by atoms with Gasteiger partial charge in [0.25, 0.3) is 0 Å². The van der Waals surface area contributed by atoms with Crippen molar-refractivity contribution in [1.82, 2.24) is 5.32 Å². The van der Waals surface area contributed by atoms with Crippen molar-refractivity contribution >= 4 is 19.0 Å². The van der Waals surface area contributed by atoms with Crippen LogP contribution in [0, 0.1) is 0 Å². The highest BCUT2D eigenvalue weighted by atomic mass is 16.5. The number of ether oxygens (including phenoxy) is 2. The Bertz CT molecular complexity index is 841. The summed E-state index contributed by atoms with van der Waals surface area (Å²) in [6.07, 6.45) is 0.0647. The Morgan fingerprint density at radius 1 is 1.04 bits per heavy atom. The fraction of sp³-hybridized carbons (Fsp3) is 0.263. The number of hydrogen-bond donors (Lipinski definition) is 4. The highest BCUT2D eigenvalue weighted by Gasteiger charge is 2.26. The molecule has 28 heavy (non-hydrogen) atoms. The molecule has 2 aromatic carbocycles. The van der Waals surface area contributed by atoms with Crippen LogP contribution >= 0.6 is 0 Å². The van der Waals surface area contributed by atoms with E-state index in [0.717, 1.165) is 0 Å². The third-order valence-corrected chi connectivity index (χ3v) is 4.15. The van der Waals surface area contributed by atoms with Gasteiger partial charge >= 0.3 is 13.1 Å². The van der Waals surface area contributed by atoms with Gasteiger partial charge in [0.05, 0.1) is 32.1 Å². The summed E-state index contributed by atoms with van der Waals surface area (Å²) >= 11 is 0. The molecule has 0 radical (unpaired) electrons. The van der Waals surface area contributed by atoms with E-state index in [0.29, 0.717) is 22.6 Å². The lowest BCUT2D eigenvalue weighted by molar-refractivity contribution is -0.120. The van der Waals surface area contributed by atoms with Crippen molar-refractivity contribution in [3.05, 3.63) is 59.2 Å². The summed E-state index contributed by atoms with van der Waals surface area (Å²) in [6, 6.07) is 11.1. The zero-order chi connectivity index (χ0) is 20.7. The van der Waals surface area contributed by atoms with E-state index in [9.17, 15) is 19.6 Å². The van der Waals surface area contributed by atoms with Crippen LogP contribution in [0.5, 0.6) is 11.5 Å². The van der Waals surface area contributed by atoms with Gasteiger partial charge in [-0.3, -0.25) is 4.79 Å². The second-order valence-corrected chi connectivity index (χ2v) is 6.16. The molecule has 2 rings (SSSR count). The van der Waals surface area contributed by atoms with E-state index in [-0.39, 0.29) is 18.4 Å². The molecule has 0 saturated carbocycles. The minimum Gasteiger partial charge on any atom is -0.493 e. The van der Waals surface area contributed by atoms with Gasteiger partial charge < -0.3 is 29.9 Å². The zero-order valence-corrected chi connectivity index (χ0v) is 15.6. The molecule has 4 N–H and O–H groups in total. The first-order valence-corrected chi connectivity index (χ1v) is 8.52. The van der Waals surface area contributed by atoms with Crippen molar-refractivity contribution in [3.8, 4) is 11.5 Å². The largest absolute Gasteiger partial charge is 0.493 e. The maximum atomic E-state index is 12.3.